The van der Waals surface area contributed by atoms with Crippen molar-refractivity contribution in [3.05, 3.63) is 47.2 Å². The van der Waals surface area contributed by atoms with E-state index in [-0.39, 0.29) is 0 Å². The minimum absolute atomic E-state index is 0.584. The second kappa shape index (κ2) is 4.81. The SMILES string of the molecule is Cn1nc(-c2ccccc2)nc1Cc1csc(N)n1. The number of anilines is 1. The summed E-state index contributed by atoms with van der Waals surface area (Å²) in [7, 11) is 1.89. The fraction of sp³-hybridized carbons (Fsp3) is 0.154. The Morgan fingerprint density at radius 2 is 2.00 bits per heavy atom. The average Bonchev–Trinajstić information content (AvgIpc) is 2.98. The van der Waals surface area contributed by atoms with Gasteiger partial charge in [-0.1, -0.05) is 30.3 Å². The van der Waals surface area contributed by atoms with Crippen LogP contribution in [0.2, 0.25) is 0 Å². The summed E-state index contributed by atoms with van der Waals surface area (Å²) in [4.78, 5) is 8.80. The summed E-state index contributed by atoms with van der Waals surface area (Å²) in [6.07, 6.45) is 0.643. The van der Waals surface area contributed by atoms with Crippen molar-refractivity contribution in [1.29, 1.82) is 0 Å². The van der Waals surface area contributed by atoms with Crippen molar-refractivity contribution < 1.29 is 0 Å². The van der Waals surface area contributed by atoms with E-state index >= 15 is 0 Å². The summed E-state index contributed by atoms with van der Waals surface area (Å²) in [5, 5.41) is 6.97. The van der Waals surface area contributed by atoms with E-state index in [4.69, 9.17) is 5.73 Å². The van der Waals surface area contributed by atoms with E-state index in [1.165, 1.54) is 11.3 Å². The van der Waals surface area contributed by atoms with Crippen LogP contribution in [0.3, 0.4) is 0 Å². The number of hydrogen-bond donors (Lipinski definition) is 1. The Balaban J connectivity index is 1.90. The third-order valence-corrected chi connectivity index (χ3v) is 3.52. The van der Waals surface area contributed by atoms with Crippen LogP contribution in [0.1, 0.15) is 11.5 Å². The van der Waals surface area contributed by atoms with Crippen LogP contribution in [0.5, 0.6) is 0 Å². The molecule has 2 heterocycles. The number of nitrogen functional groups attached to an aromatic ring is 1. The molecule has 0 bridgehead atoms. The highest BCUT2D eigenvalue weighted by Crippen LogP contribution is 2.17. The molecular formula is C13H13N5S. The molecule has 2 N–H and O–H groups in total. The van der Waals surface area contributed by atoms with Crippen LogP contribution in [0.4, 0.5) is 5.13 Å². The molecule has 0 aliphatic heterocycles. The molecular weight excluding hydrogens is 258 g/mol. The van der Waals surface area contributed by atoms with Crippen LogP contribution in [0.25, 0.3) is 11.4 Å². The first-order valence-corrected chi connectivity index (χ1v) is 6.75. The summed E-state index contributed by atoms with van der Waals surface area (Å²) in [5.74, 6) is 1.62. The van der Waals surface area contributed by atoms with E-state index in [2.05, 4.69) is 15.1 Å². The first-order chi connectivity index (χ1) is 9.22. The summed E-state index contributed by atoms with van der Waals surface area (Å²) in [5.41, 5.74) is 7.58. The predicted octanol–water partition coefficient (Wildman–Crippen LogP) is 2.11. The molecule has 6 heteroatoms. The lowest BCUT2D eigenvalue weighted by molar-refractivity contribution is 0.714. The van der Waals surface area contributed by atoms with Gasteiger partial charge in [-0.25, -0.2) is 9.97 Å². The molecule has 96 valence electrons. The maximum atomic E-state index is 5.63. The summed E-state index contributed by atoms with van der Waals surface area (Å²) >= 11 is 1.44. The zero-order valence-corrected chi connectivity index (χ0v) is 11.3. The topological polar surface area (TPSA) is 69.6 Å². The zero-order chi connectivity index (χ0) is 13.2. The normalized spacial score (nSPS) is 10.8. The Kier molecular flexibility index (Phi) is 3.00. The van der Waals surface area contributed by atoms with Crippen LogP contribution in [-0.4, -0.2) is 19.7 Å². The molecule has 0 atom stereocenters. The van der Waals surface area contributed by atoms with E-state index in [1.807, 2.05) is 42.8 Å². The largest absolute Gasteiger partial charge is 0.375 e. The van der Waals surface area contributed by atoms with Crippen molar-refractivity contribution >= 4 is 16.5 Å². The van der Waals surface area contributed by atoms with Crippen LogP contribution < -0.4 is 5.73 Å². The third-order valence-electron chi connectivity index (χ3n) is 2.79. The highest BCUT2D eigenvalue weighted by molar-refractivity contribution is 7.13. The molecule has 0 unspecified atom stereocenters. The van der Waals surface area contributed by atoms with Crippen molar-refractivity contribution in [2.75, 3.05) is 5.73 Å². The van der Waals surface area contributed by atoms with Crippen molar-refractivity contribution in [3.8, 4) is 11.4 Å². The van der Waals surface area contributed by atoms with Crippen molar-refractivity contribution in [2.45, 2.75) is 6.42 Å². The maximum Gasteiger partial charge on any atom is 0.181 e. The highest BCUT2D eigenvalue weighted by Gasteiger charge is 2.10. The Morgan fingerprint density at radius 3 is 2.68 bits per heavy atom. The predicted molar refractivity (Wildman–Crippen MR) is 75.8 cm³/mol. The van der Waals surface area contributed by atoms with Crippen LogP contribution >= 0.6 is 11.3 Å². The van der Waals surface area contributed by atoms with E-state index in [1.54, 1.807) is 4.68 Å². The van der Waals surface area contributed by atoms with E-state index in [0.29, 0.717) is 11.6 Å². The number of benzene rings is 1. The van der Waals surface area contributed by atoms with E-state index in [9.17, 15) is 0 Å². The van der Waals surface area contributed by atoms with Crippen molar-refractivity contribution in [3.63, 3.8) is 0 Å². The summed E-state index contributed by atoms with van der Waals surface area (Å²) in [6.45, 7) is 0. The second-order valence-electron chi connectivity index (χ2n) is 4.20. The number of hydrogen-bond acceptors (Lipinski definition) is 5. The molecule has 0 fully saturated rings. The Bertz CT molecular complexity index is 686. The minimum Gasteiger partial charge on any atom is -0.375 e. The molecule has 0 amide bonds. The first-order valence-electron chi connectivity index (χ1n) is 5.87. The molecule has 0 aliphatic rings. The van der Waals surface area contributed by atoms with Gasteiger partial charge in [-0.05, 0) is 0 Å². The van der Waals surface area contributed by atoms with Gasteiger partial charge < -0.3 is 5.73 Å². The van der Waals surface area contributed by atoms with Crippen molar-refractivity contribution in [1.82, 2.24) is 19.7 Å². The molecule has 3 aromatic rings. The lowest BCUT2D eigenvalue weighted by Crippen LogP contribution is -2.00. The first kappa shape index (κ1) is 11.9. The zero-order valence-electron chi connectivity index (χ0n) is 10.4. The van der Waals surface area contributed by atoms with Gasteiger partial charge in [0.15, 0.2) is 11.0 Å². The highest BCUT2D eigenvalue weighted by atomic mass is 32.1. The Labute approximate surface area is 114 Å². The number of aryl methyl sites for hydroxylation is 1. The molecule has 0 spiro atoms. The second-order valence-corrected chi connectivity index (χ2v) is 5.08. The van der Waals surface area contributed by atoms with Gasteiger partial charge in [0, 0.05) is 18.0 Å². The van der Waals surface area contributed by atoms with Gasteiger partial charge >= 0.3 is 0 Å². The lowest BCUT2D eigenvalue weighted by atomic mass is 10.2. The molecule has 0 saturated heterocycles. The van der Waals surface area contributed by atoms with Gasteiger partial charge in [-0.3, -0.25) is 4.68 Å². The number of rotatable bonds is 3. The molecule has 3 rings (SSSR count). The maximum absolute atomic E-state index is 5.63. The standard InChI is InChI=1S/C13H13N5S/c1-18-11(7-10-8-19-13(14)15-10)16-12(17-18)9-5-3-2-4-6-9/h2-6,8H,7H2,1H3,(H2,14,15). The Hall–Kier alpha value is -2.21. The van der Waals surface area contributed by atoms with Crippen LogP contribution in [0.15, 0.2) is 35.7 Å². The molecule has 0 radical (unpaired) electrons. The van der Waals surface area contributed by atoms with Gasteiger partial charge in [-0.2, -0.15) is 5.10 Å². The van der Waals surface area contributed by atoms with Gasteiger partial charge in [0.1, 0.15) is 5.82 Å². The molecule has 1 aromatic carbocycles. The fourth-order valence-electron chi connectivity index (χ4n) is 1.85. The average molecular weight is 271 g/mol. The molecule has 0 saturated carbocycles. The minimum atomic E-state index is 0.584. The summed E-state index contributed by atoms with van der Waals surface area (Å²) in [6, 6.07) is 9.93. The number of aromatic nitrogens is 4. The number of nitrogens with two attached hydrogens (primary N) is 1. The van der Waals surface area contributed by atoms with E-state index in [0.717, 1.165) is 22.9 Å². The lowest BCUT2D eigenvalue weighted by Gasteiger charge is -1.95. The van der Waals surface area contributed by atoms with Gasteiger partial charge in [-0.15, -0.1) is 11.3 Å². The van der Waals surface area contributed by atoms with Crippen molar-refractivity contribution in [2.24, 2.45) is 7.05 Å². The third kappa shape index (κ3) is 2.48. The van der Waals surface area contributed by atoms with Gasteiger partial charge in [0.2, 0.25) is 0 Å². The monoisotopic (exact) mass is 271 g/mol. The smallest absolute Gasteiger partial charge is 0.181 e. The summed E-state index contributed by atoms with van der Waals surface area (Å²) < 4.78 is 1.79. The Morgan fingerprint density at radius 1 is 1.21 bits per heavy atom. The van der Waals surface area contributed by atoms with Gasteiger partial charge in [0.05, 0.1) is 12.1 Å². The van der Waals surface area contributed by atoms with Gasteiger partial charge in [0.25, 0.3) is 0 Å². The molecule has 5 nitrogen and oxygen atoms in total. The van der Waals surface area contributed by atoms with Crippen LogP contribution in [0, 0.1) is 0 Å². The number of nitrogens with zero attached hydrogens (tertiary/aromatic N) is 4. The molecule has 19 heavy (non-hydrogen) atoms. The number of thiazole rings is 1. The fourth-order valence-corrected chi connectivity index (χ4v) is 2.41. The van der Waals surface area contributed by atoms with E-state index < -0.39 is 0 Å². The van der Waals surface area contributed by atoms with Crippen LogP contribution in [-0.2, 0) is 13.5 Å². The molecule has 2 aromatic heterocycles. The quantitative estimate of drug-likeness (QED) is 0.792. The molecule has 0 aliphatic carbocycles.